The number of rotatable bonds is 3. The van der Waals surface area contributed by atoms with E-state index in [1.54, 1.807) is 0 Å². The van der Waals surface area contributed by atoms with Gasteiger partial charge in [0.15, 0.2) is 17.4 Å². The van der Waals surface area contributed by atoms with Gasteiger partial charge in [0.25, 0.3) is 0 Å². The topological polar surface area (TPSA) is 29.5 Å². The van der Waals surface area contributed by atoms with Gasteiger partial charge >= 0.3 is 0 Å². The lowest BCUT2D eigenvalue weighted by Gasteiger charge is -2.10. The van der Waals surface area contributed by atoms with E-state index in [1.807, 2.05) is 0 Å². The molecule has 0 aliphatic heterocycles. The Morgan fingerprint density at radius 2 is 1.63 bits per heavy atom. The van der Waals surface area contributed by atoms with Crippen LogP contribution in [0.3, 0.4) is 0 Å². The Labute approximate surface area is 108 Å². The van der Waals surface area contributed by atoms with Crippen LogP contribution in [0.5, 0.6) is 11.5 Å². The van der Waals surface area contributed by atoms with Crippen molar-refractivity contribution in [1.29, 1.82) is 0 Å². The number of hydrogen-bond donors (Lipinski definition) is 1. The fraction of sp³-hybridized carbons (Fsp3) is 0.143. The molecule has 0 aliphatic rings. The van der Waals surface area contributed by atoms with Crippen molar-refractivity contribution in [3.05, 3.63) is 58.9 Å². The van der Waals surface area contributed by atoms with Gasteiger partial charge in [0.05, 0.1) is 6.61 Å². The van der Waals surface area contributed by atoms with Crippen molar-refractivity contribution in [1.82, 2.24) is 0 Å². The number of benzene rings is 2. The van der Waals surface area contributed by atoms with Gasteiger partial charge in [-0.2, -0.15) is 0 Å². The highest BCUT2D eigenvalue weighted by atomic mass is 19.1. The molecule has 0 spiro atoms. The lowest BCUT2D eigenvalue weighted by atomic mass is 10.2. The SMILES string of the molecule is Cc1cc(Oc2c(F)cc(CO)cc2F)ccc1F. The molecule has 2 rings (SSSR count). The Hall–Kier alpha value is -2.01. The Balaban J connectivity index is 2.35. The van der Waals surface area contributed by atoms with Crippen LogP contribution in [0.1, 0.15) is 11.1 Å². The monoisotopic (exact) mass is 268 g/mol. The molecule has 0 fully saturated rings. The van der Waals surface area contributed by atoms with Crippen molar-refractivity contribution < 1.29 is 23.0 Å². The predicted molar refractivity (Wildman–Crippen MR) is 63.5 cm³/mol. The maximum Gasteiger partial charge on any atom is 0.198 e. The van der Waals surface area contributed by atoms with E-state index in [4.69, 9.17) is 9.84 Å². The van der Waals surface area contributed by atoms with Gasteiger partial charge in [-0.1, -0.05) is 0 Å². The molecule has 0 heterocycles. The summed E-state index contributed by atoms with van der Waals surface area (Å²) in [5.41, 5.74) is 0.419. The molecular weight excluding hydrogens is 257 g/mol. The number of aryl methyl sites for hydroxylation is 1. The number of halogens is 3. The summed E-state index contributed by atoms with van der Waals surface area (Å²) in [6.45, 7) is 1.05. The van der Waals surface area contributed by atoms with Crippen LogP contribution in [0.15, 0.2) is 30.3 Å². The number of aliphatic hydroxyl groups excluding tert-OH is 1. The minimum absolute atomic E-state index is 0.109. The minimum Gasteiger partial charge on any atom is -0.451 e. The van der Waals surface area contributed by atoms with Gasteiger partial charge < -0.3 is 9.84 Å². The lowest BCUT2D eigenvalue weighted by molar-refractivity contribution is 0.279. The van der Waals surface area contributed by atoms with Gasteiger partial charge in [0.1, 0.15) is 11.6 Å². The maximum absolute atomic E-state index is 13.6. The Kier molecular flexibility index (Phi) is 3.76. The Morgan fingerprint density at radius 3 is 2.16 bits per heavy atom. The van der Waals surface area contributed by atoms with Gasteiger partial charge in [-0.15, -0.1) is 0 Å². The van der Waals surface area contributed by atoms with Gasteiger partial charge in [-0.3, -0.25) is 0 Å². The third-order valence-electron chi connectivity index (χ3n) is 2.59. The molecule has 2 aromatic carbocycles. The molecule has 0 aromatic heterocycles. The van der Waals surface area contributed by atoms with Crippen LogP contribution >= 0.6 is 0 Å². The molecule has 0 saturated carbocycles. The highest BCUT2D eigenvalue weighted by Crippen LogP contribution is 2.29. The second kappa shape index (κ2) is 5.32. The molecular formula is C14H11F3O2. The summed E-state index contributed by atoms with van der Waals surface area (Å²) >= 11 is 0. The quantitative estimate of drug-likeness (QED) is 0.919. The summed E-state index contributed by atoms with van der Waals surface area (Å²) in [5.74, 6) is -2.72. The minimum atomic E-state index is -0.925. The van der Waals surface area contributed by atoms with Crippen molar-refractivity contribution in [2.24, 2.45) is 0 Å². The van der Waals surface area contributed by atoms with E-state index in [2.05, 4.69) is 0 Å². The fourth-order valence-corrected chi connectivity index (χ4v) is 1.60. The van der Waals surface area contributed by atoms with Crippen LogP contribution in [-0.2, 0) is 6.61 Å². The zero-order valence-electron chi connectivity index (χ0n) is 10.1. The van der Waals surface area contributed by atoms with Gasteiger partial charge in [0.2, 0.25) is 0 Å². The molecule has 19 heavy (non-hydrogen) atoms. The summed E-state index contributed by atoms with van der Waals surface area (Å²) < 4.78 is 45.4. The van der Waals surface area contributed by atoms with Crippen LogP contribution < -0.4 is 4.74 Å². The first-order valence-electron chi connectivity index (χ1n) is 5.54. The van der Waals surface area contributed by atoms with Crippen molar-refractivity contribution in [2.75, 3.05) is 0 Å². The van der Waals surface area contributed by atoms with E-state index in [0.29, 0.717) is 5.56 Å². The summed E-state index contributed by atoms with van der Waals surface area (Å²) in [6.07, 6.45) is 0. The second-order valence-electron chi connectivity index (χ2n) is 4.06. The third kappa shape index (κ3) is 2.88. The summed E-state index contributed by atoms with van der Waals surface area (Å²) in [4.78, 5) is 0. The number of ether oxygens (including phenoxy) is 1. The zero-order valence-corrected chi connectivity index (χ0v) is 10.1. The summed E-state index contributed by atoms with van der Waals surface area (Å²) in [5, 5.41) is 8.82. The van der Waals surface area contributed by atoms with Crippen molar-refractivity contribution in [3.8, 4) is 11.5 Å². The molecule has 0 radical (unpaired) electrons. The van der Waals surface area contributed by atoms with Crippen LogP contribution in [0.2, 0.25) is 0 Å². The third-order valence-corrected chi connectivity index (χ3v) is 2.59. The molecule has 0 atom stereocenters. The molecule has 0 saturated heterocycles. The lowest BCUT2D eigenvalue weighted by Crippen LogP contribution is -1.96. The average Bonchev–Trinajstić information content (AvgIpc) is 2.37. The van der Waals surface area contributed by atoms with Crippen molar-refractivity contribution in [2.45, 2.75) is 13.5 Å². The highest BCUT2D eigenvalue weighted by Gasteiger charge is 2.14. The molecule has 0 bridgehead atoms. The Morgan fingerprint density at radius 1 is 1.00 bits per heavy atom. The molecule has 100 valence electrons. The van der Waals surface area contributed by atoms with E-state index in [-0.39, 0.29) is 11.3 Å². The molecule has 0 aliphatic carbocycles. The van der Waals surface area contributed by atoms with Crippen LogP contribution in [-0.4, -0.2) is 5.11 Å². The molecule has 0 unspecified atom stereocenters. The zero-order chi connectivity index (χ0) is 14.0. The van der Waals surface area contributed by atoms with Gasteiger partial charge in [-0.05, 0) is 48.4 Å². The van der Waals surface area contributed by atoms with E-state index in [0.717, 1.165) is 18.2 Å². The van der Waals surface area contributed by atoms with Gasteiger partial charge in [-0.25, -0.2) is 13.2 Å². The van der Waals surface area contributed by atoms with E-state index in [1.165, 1.54) is 19.1 Å². The second-order valence-corrected chi connectivity index (χ2v) is 4.06. The molecule has 5 heteroatoms. The first-order chi connectivity index (χ1) is 9.01. The highest BCUT2D eigenvalue weighted by molar-refractivity contribution is 5.37. The normalized spacial score (nSPS) is 10.6. The molecule has 1 N–H and O–H groups in total. The molecule has 2 nitrogen and oxygen atoms in total. The Bertz CT molecular complexity index is 589. The average molecular weight is 268 g/mol. The first-order valence-corrected chi connectivity index (χ1v) is 5.54. The van der Waals surface area contributed by atoms with Gasteiger partial charge in [0, 0.05) is 0 Å². The standard InChI is InChI=1S/C14H11F3O2/c1-8-4-10(2-3-11(8)15)19-14-12(16)5-9(7-18)6-13(14)17/h2-6,18H,7H2,1H3. The summed E-state index contributed by atoms with van der Waals surface area (Å²) in [6, 6.07) is 5.74. The van der Waals surface area contributed by atoms with Crippen LogP contribution in [0.4, 0.5) is 13.2 Å². The maximum atomic E-state index is 13.6. The van der Waals surface area contributed by atoms with Crippen molar-refractivity contribution >= 4 is 0 Å². The van der Waals surface area contributed by atoms with E-state index >= 15 is 0 Å². The van der Waals surface area contributed by atoms with Crippen molar-refractivity contribution in [3.63, 3.8) is 0 Å². The van der Waals surface area contributed by atoms with E-state index < -0.39 is 29.8 Å². The largest absolute Gasteiger partial charge is 0.451 e. The van der Waals surface area contributed by atoms with Crippen LogP contribution in [0.25, 0.3) is 0 Å². The number of hydrogen-bond acceptors (Lipinski definition) is 2. The summed E-state index contributed by atoms with van der Waals surface area (Å²) in [7, 11) is 0. The molecule has 0 amide bonds. The van der Waals surface area contributed by atoms with Crippen LogP contribution in [0, 0.1) is 24.4 Å². The fourth-order valence-electron chi connectivity index (χ4n) is 1.60. The molecule has 2 aromatic rings. The first kappa shape index (κ1) is 13.4. The number of aliphatic hydroxyl groups is 1. The van der Waals surface area contributed by atoms with E-state index in [9.17, 15) is 13.2 Å². The smallest absolute Gasteiger partial charge is 0.198 e. The predicted octanol–water partition coefficient (Wildman–Crippen LogP) is 3.70.